The van der Waals surface area contributed by atoms with Gasteiger partial charge in [-0.3, -0.25) is 4.68 Å². The first-order chi connectivity index (χ1) is 7.07. The third kappa shape index (κ3) is 2.81. The molecule has 1 N–H and O–H groups in total. The standard InChI is InChI=1S/C12H22N2O/c1-5-8-14-11(6-7-13-14)12(15)10(4)9(2)3/h6-7,9-10,12,15H,5,8H2,1-4H3. The largest absolute Gasteiger partial charge is 0.387 e. The fourth-order valence-corrected chi connectivity index (χ4v) is 1.63. The number of aliphatic hydroxyl groups excluding tert-OH is 1. The highest BCUT2D eigenvalue weighted by Crippen LogP contribution is 2.27. The van der Waals surface area contributed by atoms with Crippen LogP contribution in [0.25, 0.3) is 0 Å². The number of aryl methyl sites for hydroxylation is 1. The van der Waals surface area contributed by atoms with E-state index < -0.39 is 6.10 Å². The molecule has 0 radical (unpaired) electrons. The van der Waals surface area contributed by atoms with Gasteiger partial charge in [0.2, 0.25) is 0 Å². The number of hydrogen-bond donors (Lipinski definition) is 1. The van der Waals surface area contributed by atoms with Crippen molar-refractivity contribution in [1.82, 2.24) is 9.78 Å². The fourth-order valence-electron chi connectivity index (χ4n) is 1.63. The second-order valence-corrected chi connectivity index (χ2v) is 4.53. The zero-order valence-electron chi connectivity index (χ0n) is 10.1. The van der Waals surface area contributed by atoms with Gasteiger partial charge in [-0.1, -0.05) is 27.7 Å². The van der Waals surface area contributed by atoms with Gasteiger partial charge in [-0.2, -0.15) is 5.10 Å². The van der Waals surface area contributed by atoms with Crippen LogP contribution >= 0.6 is 0 Å². The van der Waals surface area contributed by atoms with Gasteiger partial charge in [0.05, 0.1) is 11.8 Å². The topological polar surface area (TPSA) is 38.0 Å². The molecule has 0 aromatic carbocycles. The Balaban J connectivity index is 2.80. The maximum atomic E-state index is 10.2. The molecule has 0 aliphatic rings. The molecule has 1 rings (SSSR count). The van der Waals surface area contributed by atoms with Crippen molar-refractivity contribution in [2.45, 2.75) is 46.8 Å². The van der Waals surface area contributed by atoms with E-state index in [0.717, 1.165) is 18.7 Å². The van der Waals surface area contributed by atoms with Crippen molar-refractivity contribution in [2.24, 2.45) is 11.8 Å². The van der Waals surface area contributed by atoms with E-state index in [1.165, 1.54) is 0 Å². The van der Waals surface area contributed by atoms with Crippen LogP contribution in [0.3, 0.4) is 0 Å². The molecule has 0 bridgehead atoms. The molecule has 3 nitrogen and oxygen atoms in total. The second-order valence-electron chi connectivity index (χ2n) is 4.53. The van der Waals surface area contributed by atoms with Crippen LogP contribution in [0.5, 0.6) is 0 Å². The molecule has 0 aliphatic carbocycles. The van der Waals surface area contributed by atoms with E-state index in [0.29, 0.717) is 5.92 Å². The van der Waals surface area contributed by atoms with Gasteiger partial charge < -0.3 is 5.11 Å². The van der Waals surface area contributed by atoms with Crippen LogP contribution < -0.4 is 0 Å². The monoisotopic (exact) mass is 210 g/mol. The van der Waals surface area contributed by atoms with Crippen molar-refractivity contribution in [1.29, 1.82) is 0 Å². The van der Waals surface area contributed by atoms with Crippen LogP contribution in [0.15, 0.2) is 12.3 Å². The van der Waals surface area contributed by atoms with E-state index in [2.05, 4.69) is 32.8 Å². The van der Waals surface area contributed by atoms with Crippen LogP contribution in [-0.4, -0.2) is 14.9 Å². The smallest absolute Gasteiger partial charge is 0.0984 e. The molecular formula is C12H22N2O. The lowest BCUT2D eigenvalue weighted by molar-refractivity contribution is 0.0834. The molecule has 1 aromatic rings. The molecule has 0 amide bonds. The predicted octanol–water partition coefficient (Wildman–Crippen LogP) is 2.62. The van der Waals surface area contributed by atoms with Gasteiger partial charge in [0.15, 0.2) is 0 Å². The molecular weight excluding hydrogens is 188 g/mol. The first-order valence-electron chi connectivity index (χ1n) is 5.77. The van der Waals surface area contributed by atoms with Crippen LogP contribution in [-0.2, 0) is 6.54 Å². The number of hydrogen-bond acceptors (Lipinski definition) is 2. The van der Waals surface area contributed by atoms with Crippen molar-refractivity contribution in [2.75, 3.05) is 0 Å². The molecule has 0 saturated heterocycles. The van der Waals surface area contributed by atoms with E-state index >= 15 is 0 Å². The Hall–Kier alpha value is -0.830. The van der Waals surface area contributed by atoms with Crippen molar-refractivity contribution in [3.63, 3.8) is 0 Å². The average molecular weight is 210 g/mol. The number of nitrogens with zero attached hydrogens (tertiary/aromatic N) is 2. The molecule has 0 spiro atoms. The number of aromatic nitrogens is 2. The molecule has 3 heteroatoms. The summed E-state index contributed by atoms with van der Waals surface area (Å²) in [5.74, 6) is 0.738. The Morgan fingerprint density at radius 3 is 2.60 bits per heavy atom. The zero-order valence-corrected chi connectivity index (χ0v) is 10.1. The van der Waals surface area contributed by atoms with Gasteiger partial charge in [-0.05, 0) is 24.3 Å². The minimum atomic E-state index is -0.404. The Labute approximate surface area is 92.1 Å². The molecule has 15 heavy (non-hydrogen) atoms. The lowest BCUT2D eigenvalue weighted by Crippen LogP contribution is -2.18. The molecule has 0 saturated carbocycles. The van der Waals surface area contributed by atoms with Gasteiger partial charge in [0.1, 0.15) is 0 Å². The van der Waals surface area contributed by atoms with Gasteiger partial charge >= 0.3 is 0 Å². The summed E-state index contributed by atoms with van der Waals surface area (Å²) in [5, 5.41) is 14.4. The highest BCUT2D eigenvalue weighted by molar-refractivity contribution is 5.05. The molecule has 1 heterocycles. The summed E-state index contributed by atoms with van der Waals surface area (Å²) in [7, 11) is 0. The molecule has 2 atom stereocenters. The Kier molecular flexibility index (Phi) is 4.33. The van der Waals surface area contributed by atoms with E-state index in [4.69, 9.17) is 0 Å². The lowest BCUT2D eigenvalue weighted by atomic mass is 9.90. The molecule has 86 valence electrons. The maximum Gasteiger partial charge on any atom is 0.0984 e. The van der Waals surface area contributed by atoms with E-state index in [1.54, 1.807) is 6.20 Å². The Morgan fingerprint density at radius 1 is 1.40 bits per heavy atom. The van der Waals surface area contributed by atoms with Gasteiger partial charge in [-0.15, -0.1) is 0 Å². The molecule has 0 aliphatic heterocycles. The summed E-state index contributed by atoms with van der Waals surface area (Å²) < 4.78 is 1.91. The van der Waals surface area contributed by atoms with Crippen LogP contribution in [0.2, 0.25) is 0 Å². The third-order valence-electron chi connectivity index (χ3n) is 3.04. The minimum Gasteiger partial charge on any atom is -0.387 e. The van der Waals surface area contributed by atoms with Crippen molar-refractivity contribution < 1.29 is 5.11 Å². The second kappa shape index (κ2) is 5.31. The summed E-state index contributed by atoms with van der Waals surface area (Å²) in [6, 6.07) is 1.92. The minimum absolute atomic E-state index is 0.261. The van der Waals surface area contributed by atoms with Crippen LogP contribution in [0.4, 0.5) is 0 Å². The number of aliphatic hydroxyl groups is 1. The zero-order chi connectivity index (χ0) is 11.4. The van der Waals surface area contributed by atoms with Crippen molar-refractivity contribution >= 4 is 0 Å². The maximum absolute atomic E-state index is 10.2. The normalized spacial score (nSPS) is 15.6. The SMILES string of the molecule is CCCn1nccc1C(O)C(C)C(C)C. The quantitative estimate of drug-likeness (QED) is 0.811. The van der Waals surface area contributed by atoms with Gasteiger partial charge in [-0.25, -0.2) is 0 Å². The predicted molar refractivity (Wildman–Crippen MR) is 61.5 cm³/mol. The highest BCUT2D eigenvalue weighted by Gasteiger charge is 2.22. The Morgan fingerprint density at radius 2 is 2.07 bits per heavy atom. The van der Waals surface area contributed by atoms with Crippen LogP contribution in [0.1, 0.15) is 45.9 Å². The van der Waals surface area contributed by atoms with Crippen LogP contribution in [0, 0.1) is 11.8 Å². The van der Waals surface area contributed by atoms with Gasteiger partial charge in [0.25, 0.3) is 0 Å². The Bertz CT molecular complexity index is 294. The lowest BCUT2D eigenvalue weighted by Gasteiger charge is -2.22. The average Bonchev–Trinajstić information content (AvgIpc) is 2.64. The highest BCUT2D eigenvalue weighted by atomic mass is 16.3. The molecule has 2 unspecified atom stereocenters. The van der Waals surface area contributed by atoms with Crippen molar-refractivity contribution in [3.05, 3.63) is 18.0 Å². The van der Waals surface area contributed by atoms with E-state index in [1.807, 2.05) is 10.7 Å². The number of rotatable bonds is 5. The summed E-state index contributed by atoms with van der Waals surface area (Å²) in [6.07, 6.45) is 2.40. The van der Waals surface area contributed by atoms with Crippen molar-refractivity contribution in [3.8, 4) is 0 Å². The molecule has 1 aromatic heterocycles. The van der Waals surface area contributed by atoms with Gasteiger partial charge in [0, 0.05) is 12.7 Å². The summed E-state index contributed by atoms with van der Waals surface area (Å²) in [6.45, 7) is 9.34. The van der Waals surface area contributed by atoms with E-state index in [-0.39, 0.29) is 5.92 Å². The first-order valence-corrected chi connectivity index (χ1v) is 5.77. The van der Waals surface area contributed by atoms with E-state index in [9.17, 15) is 5.11 Å². The summed E-state index contributed by atoms with van der Waals surface area (Å²) >= 11 is 0. The fraction of sp³-hybridized carbons (Fsp3) is 0.750. The molecule has 0 fully saturated rings. The third-order valence-corrected chi connectivity index (χ3v) is 3.04. The summed E-state index contributed by atoms with van der Waals surface area (Å²) in [5.41, 5.74) is 0.943. The first kappa shape index (κ1) is 12.2. The summed E-state index contributed by atoms with van der Waals surface area (Å²) in [4.78, 5) is 0.